The number of aromatic nitrogens is 2. The van der Waals surface area contributed by atoms with Gasteiger partial charge in [-0.15, -0.1) is 0 Å². The highest BCUT2D eigenvalue weighted by molar-refractivity contribution is 7.86. The first-order valence-electron chi connectivity index (χ1n) is 15.3. The van der Waals surface area contributed by atoms with E-state index in [1.807, 2.05) is 0 Å². The number of sulfonamides is 1. The zero-order valence-electron chi connectivity index (χ0n) is 26.8. The predicted molar refractivity (Wildman–Crippen MR) is 176 cm³/mol. The van der Waals surface area contributed by atoms with E-state index < -0.39 is 54.9 Å². The minimum Gasteiger partial charge on any atom is -0.497 e. The van der Waals surface area contributed by atoms with Crippen molar-refractivity contribution >= 4 is 33.7 Å². The van der Waals surface area contributed by atoms with Gasteiger partial charge >= 0.3 is 22.0 Å². The molecule has 3 heterocycles. The summed E-state index contributed by atoms with van der Waals surface area (Å²) in [5.74, 6) is -2.17. The first-order chi connectivity index (χ1) is 23.6. The zero-order valence-corrected chi connectivity index (χ0v) is 27.6. The molecule has 2 amide bonds. The number of imide groups is 1. The van der Waals surface area contributed by atoms with Crippen LogP contribution in [0.1, 0.15) is 24.0 Å². The molecule has 3 aromatic carbocycles. The Morgan fingerprint density at radius 3 is 2.45 bits per heavy atom. The summed E-state index contributed by atoms with van der Waals surface area (Å²) in [6.07, 6.45) is 0.844. The number of nitrogens with zero attached hydrogens (tertiary/aromatic N) is 5. The first-order valence-corrected chi connectivity index (χ1v) is 16.7. The predicted octanol–water partition coefficient (Wildman–Crippen LogP) is 4.12. The summed E-state index contributed by atoms with van der Waals surface area (Å²) in [6, 6.07) is 19.4. The lowest BCUT2D eigenvalue weighted by Crippen LogP contribution is -2.79. The van der Waals surface area contributed by atoms with Crippen molar-refractivity contribution in [1.82, 2.24) is 9.97 Å². The number of carbonyl (C=O) groups excluding carboxylic acids is 1. The molecule has 4 atom stereocenters. The van der Waals surface area contributed by atoms with Crippen molar-refractivity contribution in [3.8, 4) is 23.3 Å². The smallest absolute Gasteiger partial charge is 0.497 e. The molecule has 252 valence electrons. The summed E-state index contributed by atoms with van der Waals surface area (Å²) in [6.45, 7) is 0.941. The number of anilines is 2. The van der Waals surface area contributed by atoms with E-state index in [1.54, 1.807) is 61.5 Å². The molecule has 49 heavy (non-hydrogen) atoms. The minimum absolute atomic E-state index is 0.0541. The number of amides is 2. The van der Waals surface area contributed by atoms with Gasteiger partial charge in [-0.1, -0.05) is 36.4 Å². The van der Waals surface area contributed by atoms with Crippen molar-refractivity contribution in [1.29, 1.82) is 5.26 Å². The summed E-state index contributed by atoms with van der Waals surface area (Å²) < 4.78 is 44.7. The molecule has 0 radical (unpaired) electrons. The molecule has 15 heteroatoms. The number of fused-ring (bicyclic) bond motifs is 1. The number of carbonyl (C=O) groups is 2. The van der Waals surface area contributed by atoms with Gasteiger partial charge in [0, 0.05) is 42.2 Å². The summed E-state index contributed by atoms with van der Waals surface area (Å²) in [5, 5.41) is 25.4. The molecule has 0 aliphatic carbocycles. The molecule has 1 fully saturated rings. The molecule has 1 saturated heterocycles. The Bertz CT molecular complexity index is 2070. The molecule has 1 aromatic heterocycles. The van der Waals surface area contributed by atoms with E-state index in [-0.39, 0.29) is 41.9 Å². The maximum absolute atomic E-state index is 16.0. The Hall–Kier alpha value is -5.72. The van der Waals surface area contributed by atoms with Crippen molar-refractivity contribution in [2.75, 3.05) is 44.1 Å². The van der Waals surface area contributed by atoms with Crippen LogP contribution in [0.3, 0.4) is 0 Å². The van der Waals surface area contributed by atoms with Crippen LogP contribution in [0.15, 0.2) is 90.1 Å². The van der Waals surface area contributed by atoms with Crippen LogP contribution in [0, 0.1) is 11.3 Å². The number of quaternary nitrogens is 1. The normalized spacial score (nSPS) is 23.1. The fourth-order valence-electron chi connectivity index (χ4n) is 6.94. The van der Waals surface area contributed by atoms with Gasteiger partial charge in [0.25, 0.3) is 0 Å². The van der Waals surface area contributed by atoms with Gasteiger partial charge in [-0.25, -0.2) is 14.8 Å². The zero-order chi connectivity index (χ0) is 35.0. The van der Waals surface area contributed by atoms with Crippen LogP contribution >= 0.6 is 0 Å². The highest BCUT2D eigenvalue weighted by Crippen LogP contribution is 2.56. The Kier molecular flexibility index (Phi) is 8.61. The number of nitriles is 1. The van der Waals surface area contributed by atoms with Crippen LogP contribution in [0.4, 0.5) is 16.4 Å². The van der Waals surface area contributed by atoms with E-state index in [0.29, 0.717) is 11.3 Å². The molecule has 6 rings (SSSR count). The molecule has 0 spiro atoms. The van der Waals surface area contributed by atoms with Crippen LogP contribution in [0.2, 0.25) is 0 Å². The van der Waals surface area contributed by atoms with Crippen molar-refractivity contribution in [3.05, 3.63) is 96.3 Å². The summed E-state index contributed by atoms with van der Waals surface area (Å²) in [5.41, 5.74) is -0.894. The number of para-hydroxylation sites is 2. The molecular formula is C34H33N6O8S+. The second kappa shape index (κ2) is 12.7. The van der Waals surface area contributed by atoms with E-state index in [2.05, 4.69) is 21.4 Å². The van der Waals surface area contributed by atoms with Crippen LogP contribution in [-0.4, -0.2) is 79.3 Å². The summed E-state index contributed by atoms with van der Waals surface area (Å²) in [7, 11) is -2.68. The number of methoxy groups -OCH3 is 2. The van der Waals surface area contributed by atoms with Crippen molar-refractivity contribution < 1.29 is 41.2 Å². The summed E-state index contributed by atoms with van der Waals surface area (Å²) in [4.78, 5) is 39.5. The molecular weight excluding hydrogens is 652 g/mol. The van der Waals surface area contributed by atoms with Gasteiger partial charge in [0.1, 0.15) is 23.8 Å². The standard InChI is InChI=1S/C34H32N6O8S/c1-4-48-28-13-8-6-11-25(28)34(26-20-38-27-12-7-5-10-24(26)27)31(41)40(33(42)43,21-22(19-35)39(34)32-36-16-9-17-37-32)49(44,45)30-15-14-23(46-2)18-29(30)47-3/h5-18,22,26,38H,4,20-21H2,1-3H3/p+1. The van der Waals surface area contributed by atoms with E-state index in [0.717, 1.165) is 6.07 Å². The molecule has 4 unspecified atom stereocenters. The maximum Gasteiger partial charge on any atom is 0.537 e. The van der Waals surface area contributed by atoms with Gasteiger partial charge < -0.3 is 24.6 Å². The monoisotopic (exact) mass is 685 g/mol. The highest BCUT2D eigenvalue weighted by atomic mass is 32.2. The SMILES string of the molecule is CCOc1ccccc1C1(C2CNc3ccccc32)C(=O)[N+](C(=O)O)(S(=O)(=O)c2ccc(OC)cc2OC)CC(C#N)N1c1ncccn1. The van der Waals surface area contributed by atoms with Gasteiger partial charge in [0.2, 0.25) is 5.95 Å². The quantitative estimate of drug-likeness (QED) is 0.240. The Balaban J connectivity index is 1.79. The van der Waals surface area contributed by atoms with Gasteiger partial charge in [-0.05, 0) is 46.7 Å². The molecule has 14 nitrogen and oxygen atoms in total. The number of nitrogens with one attached hydrogen (secondary N) is 1. The largest absolute Gasteiger partial charge is 0.537 e. The molecule has 2 aliphatic rings. The maximum atomic E-state index is 16.0. The Morgan fingerprint density at radius 1 is 1.06 bits per heavy atom. The lowest BCUT2D eigenvalue weighted by Gasteiger charge is -2.53. The lowest BCUT2D eigenvalue weighted by molar-refractivity contribution is -0.660. The summed E-state index contributed by atoms with van der Waals surface area (Å²) >= 11 is 0. The van der Waals surface area contributed by atoms with Crippen LogP contribution in [0.25, 0.3) is 0 Å². The van der Waals surface area contributed by atoms with E-state index in [1.165, 1.54) is 43.6 Å². The number of benzene rings is 3. The van der Waals surface area contributed by atoms with E-state index in [4.69, 9.17) is 14.2 Å². The number of hydrogen-bond donors (Lipinski definition) is 2. The van der Waals surface area contributed by atoms with E-state index >= 15 is 13.2 Å². The second-order valence-corrected chi connectivity index (χ2v) is 13.3. The van der Waals surface area contributed by atoms with Crippen LogP contribution in [0.5, 0.6) is 17.2 Å². The number of rotatable bonds is 9. The Labute approximate surface area is 282 Å². The third-order valence-electron chi connectivity index (χ3n) is 9.00. The third-order valence-corrected chi connectivity index (χ3v) is 11.2. The highest BCUT2D eigenvalue weighted by Gasteiger charge is 2.76. The number of carboxylic acid groups (broad SMARTS) is 1. The minimum atomic E-state index is -5.27. The third kappa shape index (κ3) is 4.82. The van der Waals surface area contributed by atoms with Gasteiger partial charge in [0.15, 0.2) is 16.5 Å². The van der Waals surface area contributed by atoms with E-state index in [9.17, 15) is 15.2 Å². The fraction of sp³-hybridized carbons (Fsp3) is 0.265. The number of piperazine rings is 1. The van der Waals surface area contributed by atoms with Gasteiger partial charge in [0.05, 0.1) is 26.9 Å². The number of hydrogen-bond acceptors (Lipinski definition) is 12. The molecule has 0 saturated carbocycles. The number of ether oxygens (including phenoxy) is 3. The molecule has 2 aliphatic heterocycles. The van der Waals surface area contributed by atoms with Crippen molar-refractivity contribution in [3.63, 3.8) is 0 Å². The second-order valence-electron chi connectivity index (χ2n) is 11.3. The van der Waals surface area contributed by atoms with Crippen LogP contribution in [-0.2, 0) is 20.4 Å². The fourth-order valence-corrected chi connectivity index (χ4v) is 8.82. The Morgan fingerprint density at radius 2 is 1.78 bits per heavy atom. The van der Waals surface area contributed by atoms with Crippen molar-refractivity contribution in [2.45, 2.75) is 29.3 Å². The lowest BCUT2D eigenvalue weighted by atomic mass is 9.70. The van der Waals surface area contributed by atoms with Gasteiger partial charge in [-0.2, -0.15) is 18.5 Å². The molecule has 4 aromatic rings. The molecule has 0 bridgehead atoms. The average Bonchev–Trinajstić information content (AvgIpc) is 3.56. The topological polar surface area (TPSA) is 181 Å². The molecule has 2 N–H and O–H groups in total. The first kappa shape index (κ1) is 33.2. The van der Waals surface area contributed by atoms with Crippen LogP contribution < -0.4 is 24.4 Å². The van der Waals surface area contributed by atoms with Crippen molar-refractivity contribution in [2.24, 2.45) is 0 Å². The van der Waals surface area contributed by atoms with Gasteiger partial charge in [-0.3, -0.25) is 4.90 Å². The average molecular weight is 686 g/mol.